The zero-order valence-corrected chi connectivity index (χ0v) is 12.5. The summed E-state index contributed by atoms with van der Waals surface area (Å²) in [6.07, 6.45) is 2.23. The number of rotatable bonds is 7. The fourth-order valence-corrected chi connectivity index (χ4v) is 2.50. The van der Waals surface area contributed by atoms with Gasteiger partial charge in [-0.15, -0.1) is 11.3 Å². The van der Waals surface area contributed by atoms with E-state index in [-0.39, 0.29) is 0 Å². The van der Waals surface area contributed by atoms with Gasteiger partial charge >= 0.3 is 0 Å². The Morgan fingerprint density at radius 3 is 2.71 bits per heavy atom. The van der Waals surface area contributed by atoms with Crippen LogP contribution in [0.4, 0.5) is 0 Å². The van der Waals surface area contributed by atoms with Crippen LogP contribution in [0.2, 0.25) is 0 Å². The van der Waals surface area contributed by atoms with Gasteiger partial charge in [0, 0.05) is 30.4 Å². The van der Waals surface area contributed by atoms with Gasteiger partial charge in [0.1, 0.15) is 0 Å². The van der Waals surface area contributed by atoms with Crippen LogP contribution in [0.25, 0.3) is 0 Å². The molecule has 0 spiro atoms. The Bertz CT molecular complexity index is 333. The number of aromatic nitrogens is 1. The summed E-state index contributed by atoms with van der Waals surface area (Å²) < 4.78 is 0. The summed E-state index contributed by atoms with van der Waals surface area (Å²) in [5.41, 5.74) is 1.19. The van der Waals surface area contributed by atoms with E-state index in [0.717, 1.165) is 19.5 Å². The lowest BCUT2D eigenvalue weighted by molar-refractivity contribution is 0.413. The van der Waals surface area contributed by atoms with Gasteiger partial charge in [-0.3, -0.25) is 0 Å². The molecule has 0 aromatic carbocycles. The Morgan fingerprint density at radius 2 is 2.12 bits per heavy atom. The highest BCUT2D eigenvalue weighted by Gasteiger charge is 2.08. The third kappa shape index (κ3) is 5.15. The van der Waals surface area contributed by atoms with Crippen molar-refractivity contribution in [2.45, 2.75) is 46.2 Å². The fraction of sp³-hybridized carbons (Fsp3) is 0.769. The number of thiazole rings is 1. The topological polar surface area (TPSA) is 28.2 Å². The molecule has 3 nitrogen and oxygen atoms in total. The molecule has 98 valence electrons. The molecule has 0 saturated heterocycles. The van der Waals surface area contributed by atoms with Crippen molar-refractivity contribution in [3.8, 4) is 0 Å². The Morgan fingerprint density at radius 1 is 1.41 bits per heavy atom. The van der Waals surface area contributed by atoms with Crippen LogP contribution in [0.15, 0.2) is 0 Å². The third-order valence-electron chi connectivity index (χ3n) is 2.93. The number of likely N-dealkylation sites (N-methyl/N-ethyl adjacent to an activating group) is 1. The van der Waals surface area contributed by atoms with Gasteiger partial charge in [-0.2, -0.15) is 0 Å². The van der Waals surface area contributed by atoms with Crippen LogP contribution in [0.1, 0.15) is 35.8 Å². The van der Waals surface area contributed by atoms with E-state index < -0.39 is 0 Å². The summed E-state index contributed by atoms with van der Waals surface area (Å²) in [5.74, 6) is 0. The molecular weight excluding hydrogens is 230 g/mol. The second-order valence-electron chi connectivity index (χ2n) is 4.86. The molecule has 17 heavy (non-hydrogen) atoms. The molecule has 1 aromatic rings. The summed E-state index contributed by atoms with van der Waals surface area (Å²) >= 11 is 1.85. The van der Waals surface area contributed by atoms with E-state index in [1.165, 1.54) is 22.0 Å². The normalized spacial score (nSPS) is 13.3. The van der Waals surface area contributed by atoms with Gasteiger partial charge in [0.05, 0.1) is 10.7 Å². The first-order valence-electron chi connectivity index (χ1n) is 6.36. The quantitative estimate of drug-likeness (QED) is 0.811. The standard InChI is InChI=1S/C13H25N3S/c1-6-10(2)14-9-12-11(3)15-13(17-12)7-8-16(4)5/h10,14H,6-9H2,1-5H3. The van der Waals surface area contributed by atoms with Gasteiger partial charge in [0.15, 0.2) is 0 Å². The lowest BCUT2D eigenvalue weighted by atomic mass is 10.2. The molecule has 1 aromatic heterocycles. The zero-order chi connectivity index (χ0) is 12.8. The largest absolute Gasteiger partial charge is 0.309 e. The van der Waals surface area contributed by atoms with E-state index in [1.54, 1.807) is 0 Å². The molecule has 0 radical (unpaired) electrons. The second kappa shape index (κ2) is 7.09. The van der Waals surface area contributed by atoms with Crippen molar-refractivity contribution in [2.24, 2.45) is 0 Å². The molecular formula is C13H25N3S. The Balaban J connectivity index is 2.50. The Hall–Kier alpha value is -0.450. The molecule has 0 amide bonds. The van der Waals surface area contributed by atoms with E-state index >= 15 is 0 Å². The summed E-state index contributed by atoms with van der Waals surface area (Å²) in [4.78, 5) is 8.23. The van der Waals surface area contributed by atoms with E-state index in [9.17, 15) is 0 Å². The monoisotopic (exact) mass is 255 g/mol. The first-order chi connectivity index (χ1) is 8.02. The number of nitrogens with one attached hydrogen (secondary N) is 1. The average molecular weight is 255 g/mol. The van der Waals surface area contributed by atoms with Gasteiger partial charge < -0.3 is 10.2 Å². The minimum atomic E-state index is 0.585. The maximum Gasteiger partial charge on any atom is 0.0944 e. The molecule has 0 fully saturated rings. The molecule has 1 heterocycles. The van der Waals surface area contributed by atoms with Crippen LogP contribution in [0.3, 0.4) is 0 Å². The van der Waals surface area contributed by atoms with Gasteiger partial charge in [-0.25, -0.2) is 4.98 Å². The highest BCUT2D eigenvalue weighted by atomic mass is 32.1. The maximum atomic E-state index is 4.64. The molecule has 0 aliphatic rings. The lowest BCUT2D eigenvalue weighted by Gasteiger charge is -2.09. The van der Waals surface area contributed by atoms with Crippen LogP contribution in [-0.2, 0) is 13.0 Å². The predicted molar refractivity (Wildman–Crippen MR) is 75.7 cm³/mol. The van der Waals surface area contributed by atoms with Crippen LogP contribution in [0, 0.1) is 6.92 Å². The van der Waals surface area contributed by atoms with E-state index in [4.69, 9.17) is 0 Å². The number of hydrogen-bond acceptors (Lipinski definition) is 4. The van der Waals surface area contributed by atoms with Crippen LogP contribution in [-0.4, -0.2) is 36.6 Å². The van der Waals surface area contributed by atoms with E-state index in [0.29, 0.717) is 6.04 Å². The smallest absolute Gasteiger partial charge is 0.0944 e. The van der Waals surface area contributed by atoms with Crippen LogP contribution < -0.4 is 5.32 Å². The molecule has 1 unspecified atom stereocenters. The van der Waals surface area contributed by atoms with Crippen molar-refractivity contribution in [3.05, 3.63) is 15.6 Å². The van der Waals surface area contributed by atoms with Gasteiger partial charge in [0.25, 0.3) is 0 Å². The minimum absolute atomic E-state index is 0.585. The average Bonchev–Trinajstić information content (AvgIpc) is 2.64. The molecule has 1 rings (SSSR count). The van der Waals surface area contributed by atoms with Crippen molar-refractivity contribution in [2.75, 3.05) is 20.6 Å². The zero-order valence-electron chi connectivity index (χ0n) is 11.7. The SMILES string of the molecule is CCC(C)NCc1sc(CCN(C)C)nc1C. The molecule has 0 aliphatic heterocycles. The maximum absolute atomic E-state index is 4.64. The first kappa shape index (κ1) is 14.6. The van der Waals surface area contributed by atoms with Gasteiger partial charge in [-0.05, 0) is 34.4 Å². The summed E-state index contributed by atoms with van der Waals surface area (Å²) in [6.45, 7) is 8.58. The van der Waals surface area contributed by atoms with Crippen LogP contribution in [0.5, 0.6) is 0 Å². The number of hydrogen-bond donors (Lipinski definition) is 1. The lowest BCUT2D eigenvalue weighted by Crippen LogP contribution is -2.24. The van der Waals surface area contributed by atoms with Crippen LogP contribution >= 0.6 is 11.3 Å². The Kier molecular flexibility index (Phi) is 6.09. The second-order valence-corrected chi connectivity index (χ2v) is 6.03. The summed E-state index contributed by atoms with van der Waals surface area (Å²) in [6, 6.07) is 0.585. The van der Waals surface area contributed by atoms with Crippen molar-refractivity contribution >= 4 is 11.3 Å². The molecule has 4 heteroatoms. The molecule has 1 atom stereocenters. The highest BCUT2D eigenvalue weighted by Crippen LogP contribution is 2.18. The summed E-state index contributed by atoms with van der Waals surface area (Å²) in [7, 11) is 4.21. The highest BCUT2D eigenvalue weighted by molar-refractivity contribution is 7.11. The molecule has 0 aliphatic carbocycles. The van der Waals surface area contributed by atoms with Crippen molar-refractivity contribution < 1.29 is 0 Å². The fourth-order valence-electron chi connectivity index (χ4n) is 1.49. The van der Waals surface area contributed by atoms with Crippen molar-refractivity contribution in [3.63, 3.8) is 0 Å². The van der Waals surface area contributed by atoms with E-state index in [1.807, 2.05) is 11.3 Å². The van der Waals surface area contributed by atoms with E-state index in [2.05, 4.69) is 50.1 Å². The van der Waals surface area contributed by atoms with Crippen molar-refractivity contribution in [1.82, 2.24) is 15.2 Å². The third-order valence-corrected chi connectivity index (χ3v) is 4.15. The van der Waals surface area contributed by atoms with Gasteiger partial charge in [0.2, 0.25) is 0 Å². The molecule has 0 bridgehead atoms. The Labute approximate surface area is 109 Å². The molecule has 1 N–H and O–H groups in total. The minimum Gasteiger partial charge on any atom is -0.309 e. The van der Waals surface area contributed by atoms with Crippen molar-refractivity contribution in [1.29, 1.82) is 0 Å². The predicted octanol–water partition coefficient (Wildman–Crippen LogP) is 2.44. The number of nitrogens with zero attached hydrogens (tertiary/aromatic N) is 2. The first-order valence-corrected chi connectivity index (χ1v) is 7.17. The summed E-state index contributed by atoms with van der Waals surface area (Å²) in [5, 5.41) is 4.79. The number of aryl methyl sites for hydroxylation is 1. The molecule has 0 saturated carbocycles. The van der Waals surface area contributed by atoms with Gasteiger partial charge in [-0.1, -0.05) is 6.92 Å².